The summed E-state index contributed by atoms with van der Waals surface area (Å²) in [5.74, 6) is 0. The van der Waals surface area contributed by atoms with Crippen LogP contribution in [0.5, 0.6) is 0 Å². The normalized spacial score (nSPS) is 12.9. The van der Waals surface area contributed by atoms with Gasteiger partial charge in [-0.2, -0.15) is 0 Å². The van der Waals surface area contributed by atoms with Crippen molar-refractivity contribution in [1.82, 2.24) is 4.98 Å². The van der Waals surface area contributed by atoms with Gasteiger partial charge in [-0.1, -0.05) is 80.6 Å². The third kappa shape index (κ3) is 2.09. The Labute approximate surface area is 142 Å². The minimum atomic E-state index is 0.996. The highest BCUT2D eigenvalue weighted by atomic mass is 14.7. The van der Waals surface area contributed by atoms with E-state index in [2.05, 4.69) is 77.8 Å². The molecule has 24 heavy (non-hydrogen) atoms. The standard InChI is InChI=1S/C21H15N.C2H6/c1-2-12-18-19(13-3-1)22-21-17-11-7-5-9-15(17)14-8-4-6-10-16(14)20(18)21;1-2/h2-13,22H,1H2;1-2H3. The molecule has 4 aromatic rings. The van der Waals surface area contributed by atoms with Crippen LogP contribution in [0, 0.1) is 0 Å². The molecule has 1 aliphatic rings. The number of allylic oxidation sites excluding steroid dienone is 2. The van der Waals surface area contributed by atoms with Crippen LogP contribution in [0.25, 0.3) is 44.6 Å². The highest BCUT2D eigenvalue weighted by Crippen LogP contribution is 2.38. The first kappa shape index (κ1) is 14.8. The van der Waals surface area contributed by atoms with Crippen molar-refractivity contribution < 1.29 is 0 Å². The van der Waals surface area contributed by atoms with E-state index in [1.807, 2.05) is 13.8 Å². The third-order valence-corrected chi connectivity index (χ3v) is 4.59. The summed E-state index contributed by atoms with van der Waals surface area (Å²) in [5, 5.41) is 6.61. The lowest BCUT2D eigenvalue weighted by Gasteiger charge is -2.07. The molecule has 1 aromatic heterocycles. The molecular formula is C23H21N. The van der Waals surface area contributed by atoms with Gasteiger partial charge in [0.25, 0.3) is 0 Å². The Hall–Kier alpha value is -2.80. The number of hydrogen-bond donors (Lipinski definition) is 1. The maximum atomic E-state index is 3.65. The van der Waals surface area contributed by atoms with E-state index < -0.39 is 0 Å². The first-order valence-electron chi connectivity index (χ1n) is 8.72. The molecule has 1 heterocycles. The first-order chi connectivity index (χ1) is 11.9. The second-order valence-electron chi connectivity index (χ2n) is 5.83. The lowest BCUT2D eigenvalue weighted by atomic mass is 9.96. The Morgan fingerprint density at radius 2 is 1.29 bits per heavy atom. The molecular weight excluding hydrogens is 290 g/mol. The van der Waals surface area contributed by atoms with Crippen molar-refractivity contribution in [2.75, 3.05) is 0 Å². The van der Waals surface area contributed by atoms with Gasteiger partial charge in [0.15, 0.2) is 0 Å². The fourth-order valence-electron chi connectivity index (χ4n) is 3.64. The lowest BCUT2D eigenvalue weighted by molar-refractivity contribution is 1.41. The third-order valence-electron chi connectivity index (χ3n) is 4.59. The van der Waals surface area contributed by atoms with Crippen molar-refractivity contribution >= 4 is 44.6 Å². The number of nitrogens with one attached hydrogen (secondary N) is 1. The SMILES string of the molecule is C1=Cc2[nH]c3c4ccccc4c4ccccc4c3c2C=CC1.CC. The second kappa shape index (κ2) is 6.01. The van der Waals surface area contributed by atoms with Crippen molar-refractivity contribution in [3.8, 4) is 0 Å². The Kier molecular flexibility index (Phi) is 3.70. The summed E-state index contributed by atoms with van der Waals surface area (Å²) < 4.78 is 0. The molecule has 1 heteroatoms. The molecule has 0 saturated heterocycles. The number of rotatable bonds is 0. The molecule has 1 N–H and O–H groups in total. The summed E-state index contributed by atoms with van der Waals surface area (Å²) in [6.07, 6.45) is 9.91. The Morgan fingerprint density at radius 1 is 0.708 bits per heavy atom. The number of benzene rings is 3. The van der Waals surface area contributed by atoms with Crippen LogP contribution in [0.4, 0.5) is 0 Å². The largest absolute Gasteiger partial charge is 0.354 e. The second-order valence-corrected chi connectivity index (χ2v) is 5.83. The molecule has 3 aromatic carbocycles. The predicted octanol–water partition coefficient (Wildman–Crippen LogP) is 6.93. The van der Waals surface area contributed by atoms with Gasteiger partial charge in [-0.25, -0.2) is 0 Å². The van der Waals surface area contributed by atoms with Crippen LogP contribution in [0.2, 0.25) is 0 Å². The molecule has 0 spiro atoms. The van der Waals surface area contributed by atoms with E-state index in [4.69, 9.17) is 0 Å². The van der Waals surface area contributed by atoms with Gasteiger partial charge >= 0.3 is 0 Å². The molecule has 0 saturated carbocycles. The van der Waals surface area contributed by atoms with Crippen molar-refractivity contribution in [3.63, 3.8) is 0 Å². The fraction of sp³-hybridized carbons (Fsp3) is 0.130. The van der Waals surface area contributed by atoms with E-state index >= 15 is 0 Å². The van der Waals surface area contributed by atoms with Crippen molar-refractivity contribution in [2.45, 2.75) is 20.3 Å². The molecule has 0 bridgehead atoms. The topological polar surface area (TPSA) is 15.8 Å². The molecule has 0 atom stereocenters. The quantitative estimate of drug-likeness (QED) is 0.339. The highest BCUT2D eigenvalue weighted by Gasteiger charge is 2.15. The van der Waals surface area contributed by atoms with Crippen LogP contribution >= 0.6 is 0 Å². The maximum absolute atomic E-state index is 3.65. The zero-order valence-electron chi connectivity index (χ0n) is 14.1. The summed E-state index contributed by atoms with van der Waals surface area (Å²) >= 11 is 0. The molecule has 118 valence electrons. The fourth-order valence-corrected chi connectivity index (χ4v) is 3.64. The summed E-state index contributed by atoms with van der Waals surface area (Å²) in [4.78, 5) is 3.65. The molecule has 5 rings (SSSR count). The van der Waals surface area contributed by atoms with E-state index in [0.29, 0.717) is 0 Å². The van der Waals surface area contributed by atoms with E-state index in [1.54, 1.807) is 0 Å². The van der Waals surface area contributed by atoms with Gasteiger partial charge in [0.1, 0.15) is 0 Å². The summed E-state index contributed by atoms with van der Waals surface area (Å²) in [5.41, 5.74) is 3.77. The Bertz CT molecular complexity index is 1090. The van der Waals surface area contributed by atoms with Gasteiger partial charge in [0.05, 0.1) is 5.52 Å². The molecule has 0 unspecified atom stereocenters. The number of aromatic amines is 1. The van der Waals surface area contributed by atoms with Crippen LogP contribution in [-0.4, -0.2) is 4.98 Å². The molecule has 0 radical (unpaired) electrons. The van der Waals surface area contributed by atoms with Crippen LogP contribution in [0.3, 0.4) is 0 Å². The van der Waals surface area contributed by atoms with E-state index in [0.717, 1.165) is 6.42 Å². The zero-order chi connectivity index (χ0) is 16.5. The number of aromatic nitrogens is 1. The minimum absolute atomic E-state index is 0.996. The monoisotopic (exact) mass is 311 g/mol. The summed E-state index contributed by atoms with van der Waals surface area (Å²) in [7, 11) is 0. The molecule has 0 fully saturated rings. The van der Waals surface area contributed by atoms with Gasteiger partial charge in [0.2, 0.25) is 0 Å². The van der Waals surface area contributed by atoms with Crippen LogP contribution in [0.15, 0.2) is 60.7 Å². The number of hydrogen-bond acceptors (Lipinski definition) is 0. The van der Waals surface area contributed by atoms with Gasteiger partial charge in [-0.3, -0.25) is 0 Å². The number of H-pyrrole nitrogens is 1. The van der Waals surface area contributed by atoms with Crippen LogP contribution in [-0.2, 0) is 0 Å². The Balaban J connectivity index is 0.000000704. The molecule has 0 amide bonds. The van der Waals surface area contributed by atoms with Gasteiger partial charge in [0, 0.05) is 22.0 Å². The minimum Gasteiger partial charge on any atom is -0.354 e. The van der Waals surface area contributed by atoms with Crippen molar-refractivity contribution in [1.29, 1.82) is 0 Å². The maximum Gasteiger partial charge on any atom is 0.0551 e. The van der Waals surface area contributed by atoms with E-state index in [1.165, 1.54) is 43.7 Å². The summed E-state index contributed by atoms with van der Waals surface area (Å²) in [6, 6.07) is 17.4. The van der Waals surface area contributed by atoms with Crippen molar-refractivity contribution in [2.24, 2.45) is 0 Å². The van der Waals surface area contributed by atoms with Gasteiger partial charge in [-0.05, 0) is 28.7 Å². The molecule has 1 aliphatic carbocycles. The van der Waals surface area contributed by atoms with Crippen LogP contribution in [0.1, 0.15) is 31.5 Å². The number of fused-ring (bicyclic) bond motifs is 8. The first-order valence-corrected chi connectivity index (χ1v) is 8.72. The van der Waals surface area contributed by atoms with Gasteiger partial charge < -0.3 is 4.98 Å². The average molecular weight is 311 g/mol. The molecule has 0 aliphatic heterocycles. The zero-order valence-corrected chi connectivity index (χ0v) is 14.1. The lowest BCUT2D eigenvalue weighted by Crippen LogP contribution is -1.81. The van der Waals surface area contributed by atoms with E-state index in [-0.39, 0.29) is 0 Å². The summed E-state index contributed by atoms with van der Waals surface area (Å²) in [6.45, 7) is 4.00. The predicted molar refractivity (Wildman–Crippen MR) is 107 cm³/mol. The van der Waals surface area contributed by atoms with E-state index in [9.17, 15) is 0 Å². The smallest absolute Gasteiger partial charge is 0.0551 e. The van der Waals surface area contributed by atoms with Crippen molar-refractivity contribution in [3.05, 3.63) is 71.9 Å². The van der Waals surface area contributed by atoms with Crippen LogP contribution < -0.4 is 0 Å². The average Bonchev–Trinajstić information content (AvgIpc) is 2.87. The highest BCUT2D eigenvalue weighted by molar-refractivity contribution is 6.26. The van der Waals surface area contributed by atoms with Gasteiger partial charge in [-0.15, -0.1) is 0 Å². The molecule has 1 nitrogen and oxygen atoms in total. The Morgan fingerprint density at radius 3 is 2.04 bits per heavy atom.